The van der Waals surface area contributed by atoms with E-state index in [0.29, 0.717) is 31.2 Å². The lowest BCUT2D eigenvalue weighted by Gasteiger charge is -2.36. The number of piperazine rings is 1. The summed E-state index contributed by atoms with van der Waals surface area (Å²) in [6.07, 6.45) is 0.663. The molecule has 0 radical (unpaired) electrons. The molecule has 10 heteroatoms. The van der Waals surface area contributed by atoms with Gasteiger partial charge in [-0.05, 0) is 19.1 Å². The Labute approximate surface area is 150 Å². The van der Waals surface area contributed by atoms with E-state index < -0.39 is 26.6 Å². The van der Waals surface area contributed by atoms with Crippen LogP contribution >= 0.6 is 0 Å². The number of benzene rings is 1. The third-order valence-electron chi connectivity index (χ3n) is 4.50. The van der Waals surface area contributed by atoms with Crippen LogP contribution in [0.3, 0.4) is 0 Å². The number of rotatable bonds is 5. The average Bonchev–Trinajstić information content (AvgIpc) is 3.10. The quantitative estimate of drug-likeness (QED) is 0.782. The fourth-order valence-corrected chi connectivity index (χ4v) is 4.46. The molecule has 0 aliphatic carbocycles. The van der Waals surface area contributed by atoms with Crippen LogP contribution in [0.15, 0.2) is 27.6 Å². The molecule has 1 atom stereocenters. The predicted molar refractivity (Wildman–Crippen MR) is 88.8 cm³/mol. The van der Waals surface area contributed by atoms with Crippen LogP contribution in [-0.2, 0) is 16.4 Å². The van der Waals surface area contributed by atoms with Crippen molar-refractivity contribution in [2.75, 3.05) is 26.2 Å². The van der Waals surface area contributed by atoms with Crippen LogP contribution < -0.4 is 0 Å². The van der Waals surface area contributed by atoms with E-state index in [1.807, 2.05) is 18.7 Å². The molecule has 0 spiro atoms. The highest BCUT2D eigenvalue weighted by atomic mass is 32.2. The molecule has 1 aliphatic rings. The smallest absolute Gasteiger partial charge is 0.249 e. The number of hydrogen-bond acceptors (Lipinski definition) is 6. The number of sulfonamides is 1. The SMILES string of the molecule is CCc1noc(C(C)N2CCN(S(=O)(=O)c3c(F)cccc3F)CC2)n1. The van der Waals surface area contributed by atoms with E-state index in [1.165, 1.54) is 0 Å². The Morgan fingerprint density at radius 2 is 1.81 bits per heavy atom. The standard InChI is InChI=1S/C16H20F2N4O3S/c1-3-14-19-16(25-20-14)11(2)21-7-9-22(10-8-21)26(23,24)15-12(17)5-4-6-13(15)18/h4-6,11H,3,7-10H2,1-2H3. The van der Waals surface area contributed by atoms with Crippen molar-refractivity contribution in [3.63, 3.8) is 0 Å². The maximum Gasteiger partial charge on any atom is 0.249 e. The number of aromatic nitrogens is 2. The Bertz CT molecular complexity index is 859. The molecule has 1 unspecified atom stereocenters. The summed E-state index contributed by atoms with van der Waals surface area (Å²) in [6.45, 7) is 4.84. The summed E-state index contributed by atoms with van der Waals surface area (Å²) in [5.74, 6) is -1.08. The van der Waals surface area contributed by atoms with Gasteiger partial charge in [-0.3, -0.25) is 4.90 Å². The molecule has 2 heterocycles. The molecule has 142 valence electrons. The van der Waals surface area contributed by atoms with Crippen molar-refractivity contribution in [3.05, 3.63) is 41.5 Å². The lowest BCUT2D eigenvalue weighted by atomic mass is 10.2. The molecule has 7 nitrogen and oxygen atoms in total. The molecule has 2 aromatic rings. The number of nitrogens with zero attached hydrogens (tertiary/aromatic N) is 4. The Kier molecular flexibility index (Phi) is 5.35. The molecule has 0 amide bonds. The van der Waals surface area contributed by atoms with E-state index in [2.05, 4.69) is 10.1 Å². The van der Waals surface area contributed by atoms with Crippen molar-refractivity contribution in [2.45, 2.75) is 31.2 Å². The number of halogens is 2. The van der Waals surface area contributed by atoms with Crippen molar-refractivity contribution in [1.82, 2.24) is 19.3 Å². The first kappa shape index (κ1) is 18.9. The third kappa shape index (κ3) is 3.49. The van der Waals surface area contributed by atoms with E-state index in [-0.39, 0.29) is 19.1 Å². The minimum absolute atomic E-state index is 0.120. The van der Waals surface area contributed by atoms with Crippen LogP contribution in [0, 0.1) is 11.6 Å². The van der Waals surface area contributed by atoms with Crippen LogP contribution in [0.1, 0.15) is 31.6 Å². The van der Waals surface area contributed by atoms with E-state index in [0.717, 1.165) is 22.5 Å². The Balaban J connectivity index is 1.71. The average molecular weight is 386 g/mol. The molecule has 3 rings (SSSR count). The van der Waals surface area contributed by atoms with Gasteiger partial charge in [0.1, 0.15) is 11.6 Å². The second kappa shape index (κ2) is 7.37. The van der Waals surface area contributed by atoms with Crippen molar-refractivity contribution in [3.8, 4) is 0 Å². The lowest BCUT2D eigenvalue weighted by molar-refractivity contribution is 0.124. The van der Waals surface area contributed by atoms with Gasteiger partial charge in [-0.2, -0.15) is 9.29 Å². The zero-order chi connectivity index (χ0) is 18.9. The van der Waals surface area contributed by atoms with E-state index in [1.54, 1.807) is 0 Å². The first-order valence-corrected chi connectivity index (χ1v) is 9.79. The molecule has 1 aromatic heterocycles. The minimum Gasteiger partial charge on any atom is -0.338 e. The summed E-state index contributed by atoms with van der Waals surface area (Å²) >= 11 is 0. The topological polar surface area (TPSA) is 79.5 Å². The number of hydrogen-bond donors (Lipinski definition) is 0. The highest BCUT2D eigenvalue weighted by Crippen LogP contribution is 2.26. The van der Waals surface area contributed by atoms with Crippen molar-refractivity contribution in [2.24, 2.45) is 0 Å². The van der Waals surface area contributed by atoms with Crippen LogP contribution in [-0.4, -0.2) is 53.9 Å². The summed E-state index contributed by atoms with van der Waals surface area (Å²) in [5.41, 5.74) is 0. The van der Waals surface area contributed by atoms with Gasteiger partial charge in [0.25, 0.3) is 0 Å². The van der Waals surface area contributed by atoms with Gasteiger partial charge in [0.05, 0.1) is 6.04 Å². The van der Waals surface area contributed by atoms with E-state index in [4.69, 9.17) is 4.52 Å². The van der Waals surface area contributed by atoms with Gasteiger partial charge in [0.15, 0.2) is 10.7 Å². The highest BCUT2D eigenvalue weighted by Gasteiger charge is 2.34. The molecule has 0 bridgehead atoms. The molecular weight excluding hydrogens is 366 g/mol. The maximum absolute atomic E-state index is 13.9. The molecule has 1 aromatic carbocycles. The summed E-state index contributed by atoms with van der Waals surface area (Å²) < 4.78 is 59.3. The van der Waals surface area contributed by atoms with Gasteiger partial charge >= 0.3 is 0 Å². The zero-order valence-corrected chi connectivity index (χ0v) is 15.3. The largest absolute Gasteiger partial charge is 0.338 e. The monoisotopic (exact) mass is 386 g/mol. The summed E-state index contributed by atoms with van der Waals surface area (Å²) in [6, 6.07) is 2.85. The van der Waals surface area contributed by atoms with Crippen LogP contribution in [0.2, 0.25) is 0 Å². The van der Waals surface area contributed by atoms with Gasteiger partial charge in [0, 0.05) is 32.6 Å². The van der Waals surface area contributed by atoms with E-state index >= 15 is 0 Å². The maximum atomic E-state index is 13.9. The first-order valence-electron chi connectivity index (χ1n) is 8.35. The van der Waals surface area contributed by atoms with Gasteiger partial charge in [-0.25, -0.2) is 17.2 Å². The Morgan fingerprint density at radius 3 is 2.35 bits per heavy atom. The fraction of sp³-hybridized carbons (Fsp3) is 0.500. The van der Waals surface area contributed by atoms with Crippen molar-refractivity contribution < 1.29 is 21.7 Å². The summed E-state index contributed by atoms with van der Waals surface area (Å²) in [4.78, 5) is 5.39. The lowest BCUT2D eigenvalue weighted by Crippen LogP contribution is -2.49. The Morgan fingerprint density at radius 1 is 1.19 bits per heavy atom. The summed E-state index contributed by atoms with van der Waals surface area (Å²) in [7, 11) is -4.23. The third-order valence-corrected chi connectivity index (χ3v) is 6.45. The molecule has 0 N–H and O–H groups in total. The van der Waals surface area contributed by atoms with E-state index in [9.17, 15) is 17.2 Å². The summed E-state index contributed by atoms with van der Waals surface area (Å²) in [5, 5.41) is 3.86. The fourth-order valence-electron chi connectivity index (χ4n) is 2.93. The number of aryl methyl sites for hydroxylation is 1. The van der Waals surface area contributed by atoms with Crippen LogP contribution in [0.25, 0.3) is 0 Å². The second-order valence-electron chi connectivity index (χ2n) is 6.07. The van der Waals surface area contributed by atoms with Crippen LogP contribution in [0.4, 0.5) is 8.78 Å². The van der Waals surface area contributed by atoms with Gasteiger partial charge in [-0.1, -0.05) is 18.1 Å². The molecule has 0 saturated carbocycles. The molecule has 26 heavy (non-hydrogen) atoms. The molecule has 1 fully saturated rings. The molecular formula is C16H20F2N4O3S. The normalized spacial score (nSPS) is 18.2. The van der Waals surface area contributed by atoms with Crippen molar-refractivity contribution in [1.29, 1.82) is 0 Å². The first-order chi connectivity index (χ1) is 12.3. The van der Waals surface area contributed by atoms with Gasteiger partial charge in [0.2, 0.25) is 15.9 Å². The molecule has 1 aliphatic heterocycles. The Hall–Kier alpha value is -1.91. The highest BCUT2D eigenvalue weighted by molar-refractivity contribution is 7.89. The van der Waals surface area contributed by atoms with Gasteiger partial charge in [-0.15, -0.1) is 0 Å². The van der Waals surface area contributed by atoms with Crippen molar-refractivity contribution >= 4 is 10.0 Å². The second-order valence-corrected chi connectivity index (χ2v) is 7.94. The zero-order valence-electron chi connectivity index (χ0n) is 14.5. The van der Waals surface area contributed by atoms with Gasteiger partial charge < -0.3 is 4.52 Å². The predicted octanol–water partition coefficient (Wildman–Crippen LogP) is 1.98. The van der Waals surface area contributed by atoms with Crippen LogP contribution in [0.5, 0.6) is 0 Å². The minimum atomic E-state index is -4.23. The molecule has 1 saturated heterocycles.